The Morgan fingerprint density at radius 2 is 1.59 bits per heavy atom. The fourth-order valence-corrected chi connectivity index (χ4v) is 4.17. The van der Waals surface area contributed by atoms with Crippen molar-refractivity contribution >= 4 is 15.7 Å². The Balaban J connectivity index is 2.20. The van der Waals surface area contributed by atoms with Gasteiger partial charge in [0.15, 0.2) is 0 Å². The smallest absolute Gasteiger partial charge is 0.0631 e. The topological polar surface area (TPSA) is 0 Å². The molecular weight excluding hydrogens is 202 g/mol. The Kier molecular flexibility index (Phi) is 3.72. The van der Waals surface area contributed by atoms with Gasteiger partial charge in [-0.05, 0) is 29.6 Å². The van der Waals surface area contributed by atoms with Crippen LogP contribution in [0.4, 0.5) is 0 Å². The van der Waals surface area contributed by atoms with Crippen LogP contribution in [-0.2, 0) is 0 Å². The van der Waals surface area contributed by atoms with E-state index in [1.165, 1.54) is 38.5 Å². The molecule has 2 fully saturated rings. The molecule has 0 aromatic carbocycles. The van der Waals surface area contributed by atoms with Crippen molar-refractivity contribution in [1.29, 1.82) is 0 Å². The second kappa shape index (κ2) is 4.67. The standard InChI is InChI=1S/C15H26B2/c1-4-14(2,3)15(16,17)13-10-6-8-11-7-5-9-12(11)13/h11-13H,4-10H2,1-3H3. The summed E-state index contributed by atoms with van der Waals surface area (Å²) in [4.78, 5) is 0. The second-order valence-electron chi connectivity index (χ2n) is 7.06. The summed E-state index contributed by atoms with van der Waals surface area (Å²) in [5, 5.41) is -0.491. The van der Waals surface area contributed by atoms with Crippen LogP contribution in [0.5, 0.6) is 0 Å². The zero-order valence-electron chi connectivity index (χ0n) is 11.8. The molecule has 0 nitrogen and oxygen atoms in total. The van der Waals surface area contributed by atoms with Crippen LogP contribution in [-0.4, -0.2) is 15.7 Å². The highest BCUT2D eigenvalue weighted by atomic mass is 14.5. The molecular formula is C15H26B2. The molecule has 0 aliphatic heterocycles. The van der Waals surface area contributed by atoms with Crippen molar-refractivity contribution in [2.24, 2.45) is 23.2 Å². The molecule has 4 radical (unpaired) electrons. The zero-order chi connectivity index (χ0) is 12.7. The van der Waals surface area contributed by atoms with Crippen LogP contribution in [0.1, 0.15) is 65.7 Å². The molecule has 3 unspecified atom stereocenters. The van der Waals surface area contributed by atoms with Crippen molar-refractivity contribution in [3.8, 4) is 0 Å². The van der Waals surface area contributed by atoms with Gasteiger partial charge in [-0.2, -0.15) is 0 Å². The van der Waals surface area contributed by atoms with Gasteiger partial charge in [-0.25, -0.2) is 0 Å². The van der Waals surface area contributed by atoms with E-state index in [0.717, 1.165) is 18.3 Å². The van der Waals surface area contributed by atoms with Crippen LogP contribution in [0.15, 0.2) is 0 Å². The van der Waals surface area contributed by atoms with E-state index in [1.807, 2.05) is 0 Å². The molecule has 0 spiro atoms. The molecule has 17 heavy (non-hydrogen) atoms. The summed E-state index contributed by atoms with van der Waals surface area (Å²) in [6.45, 7) is 6.69. The van der Waals surface area contributed by atoms with Crippen LogP contribution in [0.2, 0.25) is 5.21 Å². The Morgan fingerprint density at radius 1 is 1.00 bits per heavy atom. The minimum absolute atomic E-state index is 0.0438. The normalized spacial score (nSPS) is 34.6. The average molecular weight is 228 g/mol. The minimum Gasteiger partial charge on any atom is -0.0911 e. The van der Waals surface area contributed by atoms with Crippen LogP contribution in [0, 0.1) is 23.2 Å². The van der Waals surface area contributed by atoms with E-state index in [4.69, 9.17) is 15.7 Å². The molecule has 0 saturated heterocycles. The molecule has 0 amide bonds. The number of rotatable bonds is 3. The van der Waals surface area contributed by atoms with Gasteiger partial charge in [0.1, 0.15) is 0 Å². The number of hydrogen-bond donors (Lipinski definition) is 0. The molecule has 2 aliphatic rings. The van der Waals surface area contributed by atoms with Crippen molar-refractivity contribution in [2.75, 3.05) is 0 Å². The maximum absolute atomic E-state index is 6.61. The molecule has 92 valence electrons. The molecule has 2 rings (SSSR count). The van der Waals surface area contributed by atoms with Crippen LogP contribution in [0.3, 0.4) is 0 Å². The molecule has 0 bridgehead atoms. The third kappa shape index (κ3) is 2.22. The van der Waals surface area contributed by atoms with Crippen LogP contribution < -0.4 is 0 Å². The van der Waals surface area contributed by atoms with E-state index >= 15 is 0 Å². The summed E-state index contributed by atoms with van der Waals surface area (Å²) < 4.78 is 0. The highest BCUT2D eigenvalue weighted by Crippen LogP contribution is 2.58. The summed E-state index contributed by atoms with van der Waals surface area (Å²) in [6, 6.07) is 0. The van der Waals surface area contributed by atoms with Gasteiger partial charge >= 0.3 is 0 Å². The maximum Gasteiger partial charge on any atom is 0.0631 e. The molecule has 2 aliphatic carbocycles. The van der Waals surface area contributed by atoms with E-state index in [0.29, 0.717) is 5.92 Å². The molecule has 3 atom stereocenters. The molecule has 0 aromatic rings. The monoisotopic (exact) mass is 228 g/mol. The Hall–Kier alpha value is 0.130. The van der Waals surface area contributed by atoms with Crippen molar-refractivity contribution in [1.82, 2.24) is 0 Å². The van der Waals surface area contributed by atoms with Gasteiger partial charge in [0.25, 0.3) is 0 Å². The molecule has 2 saturated carbocycles. The fraction of sp³-hybridized carbons (Fsp3) is 1.00. The zero-order valence-corrected chi connectivity index (χ0v) is 11.8. The number of hydrogen-bond acceptors (Lipinski definition) is 0. The van der Waals surface area contributed by atoms with Gasteiger partial charge in [0.05, 0.1) is 15.7 Å². The molecule has 0 aromatic heterocycles. The largest absolute Gasteiger partial charge is 0.0911 e. The lowest BCUT2D eigenvalue weighted by Gasteiger charge is -2.53. The highest BCUT2D eigenvalue weighted by Gasteiger charge is 2.47. The summed E-state index contributed by atoms with van der Waals surface area (Å²) >= 11 is 0. The lowest BCUT2D eigenvalue weighted by Crippen LogP contribution is -2.44. The van der Waals surface area contributed by atoms with Gasteiger partial charge in [-0.1, -0.05) is 64.5 Å². The van der Waals surface area contributed by atoms with Crippen molar-refractivity contribution in [3.63, 3.8) is 0 Å². The van der Waals surface area contributed by atoms with Crippen molar-refractivity contribution < 1.29 is 0 Å². The predicted octanol–water partition coefficient (Wildman–Crippen LogP) is 4.09. The predicted molar refractivity (Wildman–Crippen MR) is 76.4 cm³/mol. The average Bonchev–Trinajstić information content (AvgIpc) is 2.76. The number of fused-ring (bicyclic) bond motifs is 1. The van der Waals surface area contributed by atoms with E-state index < -0.39 is 5.21 Å². The minimum atomic E-state index is -0.491. The Bertz CT molecular complexity index is 270. The maximum atomic E-state index is 6.61. The van der Waals surface area contributed by atoms with Gasteiger partial charge in [-0.3, -0.25) is 0 Å². The lowest BCUT2D eigenvalue weighted by atomic mass is 9.35. The van der Waals surface area contributed by atoms with E-state index in [9.17, 15) is 0 Å². The van der Waals surface area contributed by atoms with Crippen LogP contribution >= 0.6 is 0 Å². The van der Waals surface area contributed by atoms with E-state index in [-0.39, 0.29) is 5.41 Å². The second-order valence-corrected chi connectivity index (χ2v) is 7.06. The first-order valence-corrected chi connectivity index (χ1v) is 7.48. The first-order chi connectivity index (χ1) is 7.90. The Labute approximate surface area is 110 Å². The SMILES string of the molecule is [B]C([B])(C1CCCC2CCCC21)C(C)(C)CC. The highest BCUT2D eigenvalue weighted by molar-refractivity contribution is 6.40. The molecule has 2 heteroatoms. The van der Waals surface area contributed by atoms with Gasteiger partial charge < -0.3 is 0 Å². The third-order valence-electron chi connectivity index (χ3n) is 5.99. The van der Waals surface area contributed by atoms with Crippen molar-refractivity contribution in [3.05, 3.63) is 0 Å². The van der Waals surface area contributed by atoms with Gasteiger partial charge in [-0.15, -0.1) is 0 Å². The quantitative estimate of drug-likeness (QED) is 0.638. The Morgan fingerprint density at radius 3 is 2.18 bits per heavy atom. The summed E-state index contributed by atoms with van der Waals surface area (Å²) in [6.07, 6.45) is 9.25. The first kappa shape index (κ1) is 13.6. The molecule has 0 N–H and O–H groups in total. The fourth-order valence-electron chi connectivity index (χ4n) is 4.17. The van der Waals surface area contributed by atoms with E-state index in [1.54, 1.807) is 0 Å². The summed E-state index contributed by atoms with van der Waals surface area (Å²) in [5.74, 6) is 2.27. The lowest BCUT2D eigenvalue weighted by molar-refractivity contribution is 0.104. The van der Waals surface area contributed by atoms with Crippen molar-refractivity contribution in [2.45, 2.75) is 70.9 Å². The van der Waals surface area contributed by atoms with Gasteiger partial charge in [0.2, 0.25) is 0 Å². The van der Waals surface area contributed by atoms with Gasteiger partial charge in [0, 0.05) is 0 Å². The van der Waals surface area contributed by atoms with Crippen LogP contribution in [0.25, 0.3) is 0 Å². The first-order valence-electron chi connectivity index (χ1n) is 7.48. The third-order valence-corrected chi connectivity index (χ3v) is 5.99. The van der Waals surface area contributed by atoms with E-state index in [2.05, 4.69) is 20.8 Å². The molecule has 0 heterocycles. The summed E-state index contributed by atoms with van der Waals surface area (Å²) in [5.41, 5.74) is 0.0438. The summed E-state index contributed by atoms with van der Waals surface area (Å²) in [7, 11) is 13.2.